The Bertz CT molecular complexity index is 343. The van der Waals surface area contributed by atoms with Gasteiger partial charge in [0.05, 0.1) is 12.2 Å². The predicted octanol–water partition coefficient (Wildman–Crippen LogP) is 2.03. The fraction of sp³-hybridized carbons (Fsp3) is 0.200. The van der Waals surface area contributed by atoms with Crippen molar-refractivity contribution in [1.82, 2.24) is 0 Å². The molecule has 2 nitrogen and oxygen atoms in total. The molecule has 1 aromatic carbocycles. The summed E-state index contributed by atoms with van der Waals surface area (Å²) in [5.41, 5.74) is 1.23. The van der Waals surface area contributed by atoms with E-state index in [1.165, 1.54) is 5.56 Å². The van der Waals surface area contributed by atoms with Gasteiger partial charge in [-0.25, -0.2) is 0 Å². The fourth-order valence-electron chi connectivity index (χ4n) is 1.72. The molecule has 0 radical (unpaired) electrons. The van der Waals surface area contributed by atoms with E-state index >= 15 is 0 Å². The van der Waals surface area contributed by atoms with Gasteiger partial charge in [-0.1, -0.05) is 18.2 Å². The van der Waals surface area contributed by atoms with Crippen LogP contribution in [0.2, 0.25) is 0 Å². The fourth-order valence-corrected chi connectivity index (χ4v) is 1.72. The molecule has 3 rings (SSSR count). The van der Waals surface area contributed by atoms with Crippen LogP contribution in [0, 0.1) is 0 Å². The van der Waals surface area contributed by atoms with E-state index in [1.807, 2.05) is 24.3 Å². The molecule has 2 aliphatic heterocycles. The number of hydrogen-bond donors (Lipinski definition) is 0. The lowest BCUT2D eigenvalue weighted by Gasteiger charge is -2.07. The molecule has 2 atom stereocenters. The first kappa shape index (κ1) is 6.12. The molecule has 2 aliphatic rings. The zero-order chi connectivity index (χ0) is 7.97. The van der Waals surface area contributed by atoms with Gasteiger partial charge in [-0.3, -0.25) is 0 Å². The summed E-state index contributed by atoms with van der Waals surface area (Å²) >= 11 is 0. The molecule has 0 aliphatic carbocycles. The van der Waals surface area contributed by atoms with Crippen LogP contribution in [0.3, 0.4) is 0 Å². The van der Waals surface area contributed by atoms with E-state index < -0.39 is 0 Å². The number of rotatable bonds is 0. The van der Waals surface area contributed by atoms with E-state index in [1.54, 1.807) is 6.26 Å². The SMILES string of the molecule is C1=CC2c3ccccc3OC2O1. The molecular formula is C10H8O2. The monoisotopic (exact) mass is 160 g/mol. The van der Waals surface area contributed by atoms with E-state index in [-0.39, 0.29) is 6.29 Å². The summed E-state index contributed by atoms with van der Waals surface area (Å²) in [5.74, 6) is 1.26. The maximum Gasteiger partial charge on any atom is 0.250 e. The normalized spacial score (nSPS) is 29.0. The van der Waals surface area contributed by atoms with Gasteiger partial charge in [0, 0.05) is 5.56 Å². The van der Waals surface area contributed by atoms with Crippen LogP contribution in [0.15, 0.2) is 36.6 Å². The molecule has 0 aromatic heterocycles. The first-order chi connectivity index (χ1) is 5.95. The molecule has 0 spiro atoms. The summed E-state index contributed by atoms with van der Waals surface area (Å²) in [6, 6.07) is 8.06. The molecule has 12 heavy (non-hydrogen) atoms. The van der Waals surface area contributed by atoms with Crippen molar-refractivity contribution in [3.05, 3.63) is 42.2 Å². The summed E-state index contributed by atoms with van der Waals surface area (Å²) in [4.78, 5) is 0. The van der Waals surface area contributed by atoms with Crippen LogP contribution in [-0.4, -0.2) is 6.29 Å². The average Bonchev–Trinajstić information content (AvgIpc) is 2.62. The van der Waals surface area contributed by atoms with Crippen molar-refractivity contribution < 1.29 is 9.47 Å². The smallest absolute Gasteiger partial charge is 0.250 e. The van der Waals surface area contributed by atoms with Gasteiger partial charge in [0.25, 0.3) is 6.29 Å². The van der Waals surface area contributed by atoms with E-state index in [0.717, 1.165) is 5.75 Å². The Morgan fingerprint density at radius 1 is 1.17 bits per heavy atom. The third-order valence-electron chi connectivity index (χ3n) is 2.31. The lowest BCUT2D eigenvalue weighted by Crippen LogP contribution is -2.14. The molecule has 0 saturated heterocycles. The summed E-state index contributed by atoms with van der Waals surface area (Å²) in [5, 5.41) is 0. The van der Waals surface area contributed by atoms with Gasteiger partial charge >= 0.3 is 0 Å². The molecule has 0 fully saturated rings. The molecule has 2 heteroatoms. The van der Waals surface area contributed by atoms with E-state index in [2.05, 4.69) is 6.07 Å². The minimum atomic E-state index is -0.109. The number of ether oxygens (including phenoxy) is 2. The van der Waals surface area contributed by atoms with E-state index in [9.17, 15) is 0 Å². The highest BCUT2D eigenvalue weighted by Crippen LogP contribution is 2.41. The summed E-state index contributed by atoms with van der Waals surface area (Å²) in [6.07, 6.45) is 3.64. The lowest BCUT2D eigenvalue weighted by molar-refractivity contribution is -0.00478. The van der Waals surface area contributed by atoms with Crippen LogP contribution in [-0.2, 0) is 4.74 Å². The third-order valence-corrected chi connectivity index (χ3v) is 2.31. The minimum absolute atomic E-state index is 0.109. The van der Waals surface area contributed by atoms with E-state index in [4.69, 9.17) is 9.47 Å². The largest absolute Gasteiger partial charge is 0.462 e. The summed E-state index contributed by atoms with van der Waals surface area (Å²) in [6.45, 7) is 0. The van der Waals surface area contributed by atoms with Gasteiger partial charge in [0.15, 0.2) is 0 Å². The Balaban J connectivity index is 2.14. The number of para-hydroxylation sites is 1. The van der Waals surface area contributed by atoms with Crippen molar-refractivity contribution in [2.75, 3.05) is 0 Å². The Hall–Kier alpha value is -1.44. The average molecular weight is 160 g/mol. The van der Waals surface area contributed by atoms with Crippen molar-refractivity contribution in [3.63, 3.8) is 0 Å². The van der Waals surface area contributed by atoms with E-state index in [0.29, 0.717) is 5.92 Å². The maximum atomic E-state index is 5.55. The van der Waals surface area contributed by atoms with Crippen molar-refractivity contribution in [3.8, 4) is 5.75 Å². The van der Waals surface area contributed by atoms with Crippen molar-refractivity contribution >= 4 is 0 Å². The second-order valence-corrected chi connectivity index (χ2v) is 3.01. The molecule has 0 bridgehead atoms. The molecule has 1 aromatic rings. The first-order valence-corrected chi connectivity index (χ1v) is 4.03. The number of benzene rings is 1. The summed E-state index contributed by atoms with van der Waals surface area (Å²) in [7, 11) is 0. The lowest BCUT2D eigenvalue weighted by atomic mass is 10.0. The van der Waals surface area contributed by atoms with Crippen molar-refractivity contribution in [1.29, 1.82) is 0 Å². The van der Waals surface area contributed by atoms with Crippen LogP contribution >= 0.6 is 0 Å². The minimum Gasteiger partial charge on any atom is -0.462 e. The Labute approximate surface area is 70.4 Å². The van der Waals surface area contributed by atoms with Gasteiger partial charge in [-0.2, -0.15) is 0 Å². The molecule has 60 valence electrons. The Morgan fingerprint density at radius 3 is 3.08 bits per heavy atom. The van der Waals surface area contributed by atoms with Crippen molar-refractivity contribution in [2.24, 2.45) is 0 Å². The molecular weight excluding hydrogens is 152 g/mol. The highest BCUT2D eigenvalue weighted by molar-refractivity contribution is 5.43. The topological polar surface area (TPSA) is 18.5 Å². The number of hydrogen-bond acceptors (Lipinski definition) is 2. The molecule has 0 amide bonds. The van der Waals surface area contributed by atoms with Gasteiger partial charge in [-0.05, 0) is 12.1 Å². The van der Waals surface area contributed by atoms with Crippen LogP contribution < -0.4 is 4.74 Å². The van der Waals surface area contributed by atoms with Gasteiger partial charge < -0.3 is 9.47 Å². The third kappa shape index (κ3) is 0.644. The molecule has 0 saturated carbocycles. The quantitative estimate of drug-likeness (QED) is 0.578. The van der Waals surface area contributed by atoms with Crippen molar-refractivity contribution in [2.45, 2.75) is 12.2 Å². The molecule has 2 unspecified atom stereocenters. The maximum absolute atomic E-state index is 5.55. The Kier molecular flexibility index (Phi) is 1.04. The second kappa shape index (κ2) is 2.03. The molecule has 2 heterocycles. The molecule has 0 N–H and O–H groups in total. The van der Waals surface area contributed by atoms with Crippen LogP contribution in [0.25, 0.3) is 0 Å². The van der Waals surface area contributed by atoms with Gasteiger partial charge in [0.2, 0.25) is 0 Å². The summed E-state index contributed by atoms with van der Waals surface area (Å²) < 4.78 is 10.8. The highest BCUT2D eigenvalue weighted by Gasteiger charge is 2.36. The Morgan fingerprint density at radius 2 is 2.08 bits per heavy atom. The highest BCUT2D eigenvalue weighted by atomic mass is 16.7. The number of fused-ring (bicyclic) bond motifs is 3. The predicted molar refractivity (Wildman–Crippen MR) is 43.8 cm³/mol. The first-order valence-electron chi connectivity index (χ1n) is 4.03. The van der Waals surface area contributed by atoms with Gasteiger partial charge in [-0.15, -0.1) is 0 Å². The second-order valence-electron chi connectivity index (χ2n) is 3.01. The zero-order valence-corrected chi connectivity index (χ0v) is 6.44. The van der Waals surface area contributed by atoms with Gasteiger partial charge in [0.1, 0.15) is 5.75 Å². The van der Waals surface area contributed by atoms with Crippen LogP contribution in [0.5, 0.6) is 5.75 Å². The van der Waals surface area contributed by atoms with Crippen LogP contribution in [0.1, 0.15) is 11.5 Å². The standard InChI is InChI=1S/C10H8O2/c1-2-4-9-7(3-1)8-5-6-11-10(8)12-9/h1-6,8,10H. The zero-order valence-electron chi connectivity index (χ0n) is 6.44. The van der Waals surface area contributed by atoms with Crippen LogP contribution in [0.4, 0.5) is 0 Å².